The first-order chi connectivity index (χ1) is 17.9. The Kier molecular flexibility index (Phi) is 11.1. The number of benzene rings is 2. The molecule has 0 aliphatic heterocycles. The Morgan fingerprint density at radius 1 is 0.816 bits per heavy atom. The van der Waals surface area contributed by atoms with E-state index in [-0.39, 0.29) is 49.1 Å². The minimum atomic E-state index is -0.326. The van der Waals surface area contributed by atoms with Gasteiger partial charge in [0.25, 0.3) is 0 Å². The maximum atomic E-state index is 11.2. The van der Waals surface area contributed by atoms with Gasteiger partial charge in [0.2, 0.25) is 0 Å². The van der Waals surface area contributed by atoms with Crippen LogP contribution in [0.5, 0.6) is 0 Å². The summed E-state index contributed by atoms with van der Waals surface area (Å²) in [5.41, 5.74) is 2.11. The van der Waals surface area contributed by atoms with E-state index in [0.29, 0.717) is 5.92 Å². The van der Waals surface area contributed by atoms with Crippen molar-refractivity contribution in [3.05, 3.63) is 66.9 Å². The summed E-state index contributed by atoms with van der Waals surface area (Å²) in [6, 6.07) is 21.4. The molecule has 0 bridgehead atoms. The Morgan fingerprint density at radius 3 is 2.08 bits per heavy atom. The normalized spacial score (nSPS) is 25.7. The summed E-state index contributed by atoms with van der Waals surface area (Å²) in [5, 5.41) is 24.8. The van der Waals surface area contributed by atoms with Gasteiger partial charge in [-0.2, -0.15) is 0 Å². The Labute approximate surface area is 243 Å². The molecule has 2 aliphatic rings. The number of hydrogen-bond donors (Lipinski definition) is 2. The van der Waals surface area contributed by atoms with Crippen molar-refractivity contribution in [2.24, 2.45) is 22.7 Å². The summed E-state index contributed by atoms with van der Waals surface area (Å²) in [4.78, 5) is 4.45. The third kappa shape index (κ3) is 5.94. The van der Waals surface area contributed by atoms with Crippen molar-refractivity contribution < 1.29 is 30.3 Å². The average molecular weight is 693 g/mol. The standard InChI is InChI=1S/C19H36O2.C15H10N.Ir/c1-5-18(6-2)12-9-10-14-11-13-19(7-3,8-4)17(21)15(14)16(18)20;1-2-7-13(8-3-1)15-14-9-5-4-6-12(14)10-11-16-15;/h14-17,20-21H,5-13H2,1-4H3;1-7,9-11H;/q;-1;. The molecule has 2 N–H and O–H groups in total. The Hall–Kier alpha value is -1.58. The van der Waals surface area contributed by atoms with Gasteiger partial charge < -0.3 is 15.2 Å². The zero-order valence-electron chi connectivity index (χ0n) is 23.6. The Bertz CT molecular complexity index is 1120. The first-order valence-corrected chi connectivity index (χ1v) is 14.6. The van der Waals surface area contributed by atoms with Crippen LogP contribution in [-0.2, 0) is 20.1 Å². The molecule has 38 heavy (non-hydrogen) atoms. The van der Waals surface area contributed by atoms with Gasteiger partial charge in [0.15, 0.2) is 0 Å². The Morgan fingerprint density at radius 2 is 1.45 bits per heavy atom. The molecule has 0 saturated heterocycles. The summed E-state index contributed by atoms with van der Waals surface area (Å²) < 4.78 is 0. The van der Waals surface area contributed by atoms with Crippen molar-refractivity contribution in [1.82, 2.24) is 4.98 Å². The van der Waals surface area contributed by atoms with Crippen LogP contribution in [0.2, 0.25) is 0 Å². The van der Waals surface area contributed by atoms with E-state index in [1.807, 2.05) is 48.7 Å². The second-order valence-corrected chi connectivity index (χ2v) is 11.5. The van der Waals surface area contributed by atoms with E-state index in [9.17, 15) is 10.2 Å². The van der Waals surface area contributed by atoms with E-state index in [1.54, 1.807) is 0 Å². The number of fused-ring (bicyclic) bond motifs is 2. The molecule has 3 nitrogen and oxygen atoms in total. The zero-order valence-corrected chi connectivity index (χ0v) is 26.0. The fourth-order valence-corrected chi connectivity index (χ4v) is 7.44. The second kappa shape index (κ2) is 13.7. The van der Waals surface area contributed by atoms with Gasteiger partial charge in [0.05, 0.1) is 12.2 Å². The first kappa shape index (κ1) is 31.0. The van der Waals surface area contributed by atoms with Crippen molar-refractivity contribution in [3.8, 4) is 11.3 Å². The van der Waals surface area contributed by atoms with Gasteiger partial charge in [-0.25, -0.2) is 0 Å². The molecule has 1 heterocycles. The predicted octanol–water partition coefficient (Wildman–Crippen LogP) is 8.23. The summed E-state index contributed by atoms with van der Waals surface area (Å²) in [7, 11) is 0. The van der Waals surface area contributed by atoms with Gasteiger partial charge >= 0.3 is 0 Å². The largest absolute Gasteiger partial charge is 0.392 e. The van der Waals surface area contributed by atoms with E-state index in [0.717, 1.165) is 49.8 Å². The topological polar surface area (TPSA) is 53.4 Å². The van der Waals surface area contributed by atoms with Crippen LogP contribution < -0.4 is 0 Å². The van der Waals surface area contributed by atoms with E-state index in [1.165, 1.54) is 30.0 Å². The average Bonchev–Trinajstić information content (AvgIpc) is 3.10. The molecule has 2 fully saturated rings. The number of aliphatic hydroxyl groups excluding tert-OH is 2. The molecule has 0 amide bonds. The van der Waals surface area contributed by atoms with Crippen LogP contribution in [0.3, 0.4) is 0 Å². The summed E-state index contributed by atoms with van der Waals surface area (Å²) in [5.74, 6) is 0.627. The molecule has 2 aromatic carbocycles. The van der Waals surface area contributed by atoms with E-state index < -0.39 is 0 Å². The number of pyridine rings is 1. The Balaban J connectivity index is 0.000000211. The molecule has 4 heteroatoms. The van der Waals surface area contributed by atoms with E-state index in [2.05, 4.69) is 50.9 Å². The molecule has 0 spiro atoms. The van der Waals surface area contributed by atoms with E-state index >= 15 is 0 Å². The molecular formula is C34H46IrNO2-. The van der Waals surface area contributed by atoms with Crippen molar-refractivity contribution in [2.75, 3.05) is 0 Å². The summed E-state index contributed by atoms with van der Waals surface area (Å²) >= 11 is 0. The molecule has 209 valence electrons. The van der Waals surface area contributed by atoms with Gasteiger partial charge in [-0.15, -0.1) is 35.9 Å². The molecule has 1 aromatic heterocycles. The van der Waals surface area contributed by atoms with Crippen LogP contribution in [0, 0.1) is 28.7 Å². The number of rotatable bonds is 5. The molecule has 5 rings (SSSR count). The number of hydrogen-bond acceptors (Lipinski definition) is 3. The fraction of sp³-hybridized carbons (Fsp3) is 0.559. The predicted molar refractivity (Wildman–Crippen MR) is 154 cm³/mol. The van der Waals surface area contributed by atoms with E-state index in [4.69, 9.17) is 0 Å². The van der Waals surface area contributed by atoms with Gasteiger partial charge in [-0.05, 0) is 90.6 Å². The third-order valence-electron chi connectivity index (χ3n) is 10.2. The SMILES string of the molecule is CCC1(CC)CCCC2CCC(CC)(CC)C(O)C2C1O.[Ir].[c-]1ccccc1-c1nccc2ccccc12. The molecule has 1 radical (unpaired) electrons. The quantitative estimate of drug-likeness (QED) is 0.265. The van der Waals surface area contributed by atoms with Crippen molar-refractivity contribution in [3.63, 3.8) is 0 Å². The smallest absolute Gasteiger partial charge is 0.0651 e. The minimum absolute atomic E-state index is 0. The van der Waals surface area contributed by atoms with Crippen molar-refractivity contribution in [2.45, 2.75) is 97.7 Å². The second-order valence-electron chi connectivity index (χ2n) is 11.5. The first-order valence-electron chi connectivity index (χ1n) is 14.6. The molecule has 4 atom stereocenters. The van der Waals surface area contributed by atoms with Crippen LogP contribution >= 0.6 is 0 Å². The number of aromatic nitrogens is 1. The summed E-state index contributed by atoms with van der Waals surface area (Å²) in [6.45, 7) is 8.86. The zero-order chi connectivity index (χ0) is 26.5. The maximum absolute atomic E-state index is 11.2. The minimum Gasteiger partial charge on any atom is -0.392 e. The van der Waals surface area contributed by atoms with Crippen LogP contribution in [0.15, 0.2) is 60.8 Å². The number of nitrogens with zero attached hydrogens (tertiary/aromatic N) is 1. The molecule has 2 saturated carbocycles. The monoisotopic (exact) mass is 693 g/mol. The van der Waals surface area contributed by atoms with Gasteiger partial charge in [-0.1, -0.05) is 58.4 Å². The van der Waals surface area contributed by atoms with Crippen LogP contribution in [0.25, 0.3) is 22.0 Å². The van der Waals surface area contributed by atoms with Gasteiger partial charge in [-0.3, -0.25) is 0 Å². The van der Waals surface area contributed by atoms with Crippen molar-refractivity contribution >= 4 is 10.8 Å². The van der Waals surface area contributed by atoms with Crippen LogP contribution in [0.4, 0.5) is 0 Å². The fourth-order valence-electron chi connectivity index (χ4n) is 7.44. The summed E-state index contributed by atoms with van der Waals surface area (Å²) in [6.07, 6.45) is 11.2. The molecule has 3 aromatic rings. The van der Waals surface area contributed by atoms with Gasteiger partial charge in [0.1, 0.15) is 0 Å². The van der Waals surface area contributed by atoms with Crippen molar-refractivity contribution in [1.29, 1.82) is 0 Å². The van der Waals surface area contributed by atoms with Gasteiger partial charge in [0, 0.05) is 32.2 Å². The third-order valence-corrected chi connectivity index (χ3v) is 10.2. The van der Waals surface area contributed by atoms with Crippen LogP contribution in [0.1, 0.15) is 85.5 Å². The number of aliphatic hydroxyl groups is 2. The van der Waals surface area contributed by atoms with Crippen LogP contribution in [-0.4, -0.2) is 27.4 Å². The molecule has 2 aliphatic carbocycles. The maximum Gasteiger partial charge on any atom is 0.0651 e. The molecule has 4 unspecified atom stereocenters. The molecular weight excluding hydrogens is 647 g/mol.